The predicted octanol–water partition coefficient (Wildman–Crippen LogP) is 0.214. The van der Waals surface area contributed by atoms with Gasteiger partial charge in [0.05, 0.1) is 0 Å². The molecule has 5 nitrogen and oxygen atoms in total. The van der Waals surface area contributed by atoms with Crippen molar-refractivity contribution in [2.75, 3.05) is 18.1 Å². The number of nitrogens with one attached hydrogen (secondary N) is 1. The van der Waals surface area contributed by atoms with Crippen molar-refractivity contribution in [1.82, 2.24) is 5.32 Å². The molecule has 0 fully saturated rings. The van der Waals surface area contributed by atoms with Crippen molar-refractivity contribution in [3.05, 3.63) is 12.7 Å². The number of amides is 1. The molecule has 0 radical (unpaired) electrons. The van der Waals surface area contributed by atoms with Crippen molar-refractivity contribution in [3.8, 4) is 0 Å². The summed E-state index contributed by atoms with van der Waals surface area (Å²) in [6, 6.07) is -0.820. The van der Waals surface area contributed by atoms with Crippen LogP contribution >= 0.6 is 11.8 Å². The zero-order chi connectivity index (χ0) is 12.4. The summed E-state index contributed by atoms with van der Waals surface area (Å²) in [5.74, 6) is 0.116. The SMILES string of the molecule is C=CCNC(=O)CCCSC[C@H](N)C(=O)O. The van der Waals surface area contributed by atoms with Gasteiger partial charge in [0, 0.05) is 18.7 Å². The molecule has 0 rings (SSSR count). The van der Waals surface area contributed by atoms with Crippen molar-refractivity contribution in [2.45, 2.75) is 18.9 Å². The summed E-state index contributed by atoms with van der Waals surface area (Å²) in [6.45, 7) is 3.97. The zero-order valence-corrected chi connectivity index (χ0v) is 9.96. The molecule has 1 atom stereocenters. The van der Waals surface area contributed by atoms with Gasteiger partial charge in [0.25, 0.3) is 0 Å². The second-order valence-corrected chi connectivity index (χ2v) is 4.37. The van der Waals surface area contributed by atoms with E-state index in [2.05, 4.69) is 11.9 Å². The Balaban J connectivity index is 3.36. The normalized spacial score (nSPS) is 11.8. The van der Waals surface area contributed by atoms with Crippen molar-refractivity contribution in [1.29, 1.82) is 0 Å². The second-order valence-electron chi connectivity index (χ2n) is 3.22. The molecule has 0 bridgehead atoms. The van der Waals surface area contributed by atoms with Crippen LogP contribution in [0.2, 0.25) is 0 Å². The van der Waals surface area contributed by atoms with Gasteiger partial charge < -0.3 is 16.2 Å². The minimum Gasteiger partial charge on any atom is -0.480 e. The summed E-state index contributed by atoms with van der Waals surface area (Å²) in [5, 5.41) is 11.2. The molecule has 4 N–H and O–H groups in total. The molecule has 0 aromatic rings. The van der Waals surface area contributed by atoms with Gasteiger partial charge in [-0.2, -0.15) is 11.8 Å². The number of carbonyl (C=O) groups excluding carboxylic acids is 1. The first-order valence-corrected chi connectivity index (χ1v) is 6.17. The van der Waals surface area contributed by atoms with Gasteiger partial charge in [-0.05, 0) is 12.2 Å². The van der Waals surface area contributed by atoms with Crippen molar-refractivity contribution >= 4 is 23.6 Å². The number of carboxylic acid groups (broad SMARTS) is 1. The average molecular weight is 246 g/mol. The highest BCUT2D eigenvalue weighted by Crippen LogP contribution is 2.05. The topological polar surface area (TPSA) is 92.4 Å². The number of thioether (sulfide) groups is 1. The number of carbonyl (C=O) groups is 2. The second kappa shape index (κ2) is 9.23. The fourth-order valence-electron chi connectivity index (χ4n) is 0.891. The van der Waals surface area contributed by atoms with Gasteiger partial charge in [-0.25, -0.2) is 0 Å². The Morgan fingerprint density at radius 3 is 2.81 bits per heavy atom. The third kappa shape index (κ3) is 8.31. The van der Waals surface area contributed by atoms with E-state index in [-0.39, 0.29) is 5.91 Å². The molecule has 0 heterocycles. The Hall–Kier alpha value is -1.01. The van der Waals surface area contributed by atoms with Gasteiger partial charge in [-0.15, -0.1) is 6.58 Å². The molecule has 0 aromatic heterocycles. The molecular formula is C10H18N2O3S. The molecular weight excluding hydrogens is 228 g/mol. The van der Waals surface area contributed by atoms with Gasteiger partial charge in [0.15, 0.2) is 0 Å². The third-order valence-electron chi connectivity index (χ3n) is 1.75. The van der Waals surface area contributed by atoms with E-state index < -0.39 is 12.0 Å². The molecule has 16 heavy (non-hydrogen) atoms. The van der Waals surface area contributed by atoms with E-state index in [0.29, 0.717) is 18.7 Å². The molecule has 0 unspecified atom stereocenters. The molecule has 6 heteroatoms. The summed E-state index contributed by atoms with van der Waals surface area (Å²) in [7, 11) is 0. The molecule has 0 spiro atoms. The van der Waals surface area contributed by atoms with E-state index in [4.69, 9.17) is 10.8 Å². The van der Waals surface area contributed by atoms with Crippen LogP contribution in [0.1, 0.15) is 12.8 Å². The summed E-state index contributed by atoms with van der Waals surface area (Å²) in [6.07, 6.45) is 2.79. The monoisotopic (exact) mass is 246 g/mol. The van der Waals surface area contributed by atoms with Gasteiger partial charge in [-0.3, -0.25) is 9.59 Å². The van der Waals surface area contributed by atoms with E-state index >= 15 is 0 Å². The van der Waals surface area contributed by atoms with Crippen LogP contribution in [0.5, 0.6) is 0 Å². The lowest BCUT2D eigenvalue weighted by atomic mass is 10.3. The maximum Gasteiger partial charge on any atom is 0.321 e. The van der Waals surface area contributed by atoms with Crippen LogP contribution in [0.4, 0.5) is 0 Å². The highest BCUT2D eigenvalue weighted by atomic mass is 32.2. The summed E-state index contributed by atoms with van der Waals surface area (Å²) in [5.41, 5.74) is 5.31. The molecule has 0 aliphatic rings. The van der Waals surface area contributed by atoms with Crippen LogP contribution in [0.15, 0.2) is 12.7 Å². The van der Waals surface area contributed by atoms with Crippen molar-refractivity contribution in [3.63, 3.8) is 0 Å². The van der Waals surface area contributed by atoms with Gasteiger partial charge in [-0.1, -0.05) is 6.08 Å². The fourth-order valence-corrected chi connectivity index (χ4v) is 1.80. The number of hydrogen-bond donors (Lipinski definition) is 3. The fraction of sp³-hybridized carbons (Fsp3) is 0.600. The van der Waals surface area contributed by atoms with Crippen LogP contribution in [-0.4, -0.2) is 41.1 Å². The molecule has 0 aromatic carbocycles. The Labute approximate surface area is 99.5 Å². The summed E-state index contributed by atoms with van der Waals surface area (Å²) in [4.78, 5) is 21.5. The van der Waals surface area contributed by atoms with Crippen molar-refractivity contribution < 1.29 is 14.7 Å². The smallest absolute Gasteiger partial charge is 0.321 e. The minimum absolute atomic E-state index is 0.0111. The van der Waals surface area contributed by atoms with Crippen LogP contribution in [-0.2, 0) is 9.59 Å². The first-order valence-electron chi connectivity index (χ1n) is 5.01. The summed E-state index contributed by atoms with van der Waals surface area (Å²) < 4.78 is 0. The highest BCUT2D eigenvalue weighted by Gasteiger charge is 2.10. The molecule has 0 saturated carbocycles. The Bertz CT molecular complexity index is 246. The minimum atomic E-state index is -0.990. The highest BCUT2D eigenvalue weighted by molar-refractivity contribution is 7.99. The van der Waals surface area contributed by atoms with Crippen LogP contribution < -0.4 is 11.1 Å². The standard InChI is InChI=1S/C10H18N2O3S/c1-2-5-12-9(13)4-3-6-16-7-8(11)10(14)15/h2,8H,1,3-7,11H2,(H,12,13)(H,14,15)/t8-/m0/s1. The van der Waals surface area contributed by atoms with Gasteiger partial charge in [0.1, 0.15) is 6.04 Å². The number of hydrogen-bond acceptors (Lipinski definition) is 4. The van der Waals surface area contributed by atoms with Crippen LogP contribution in [0, 0.1) is 0 Å². The van der Waals surface area contributed by atoms with E-state index in [0.717, 1.165) is 12.2 Å². The van der Waals surface area contributed by atoms with Crippen LogP contribution in [0.3, 0.4) is 0 Å². The van der Waals surface area contributed by atoms with Gasteiger partial charge >= 0.3 is 5.97 Å². The molecule has 1 amide bonds. The number of nitrogens with two attached hydrogens (primary N) is 1. The number of rotatable bonds is 9. The van der Waals surface area contributed by atoms with Crippen molar-refractivity contribution in [2.24, 2.45) is 5.73 Å². The Morgan fingerprint density at radius 2 is 2.25 bits per heavy atom. The largest absolute Gasteiger partial charge is 0.480 e. The zero-order valence-electron chi connectivity index (χ0n) is 9.15. The first kappa shape index (κ1) is 15.0. The first-order chi connectivity index (χ1) is 7.57. The maximum absolute atomic E-state index is 11.1. The average Bonchev–Trinajstić information content (AvgIpc) is 2.25. The van der Waals surface area contributed by atoms with Crippen LogP contribution in [0.25, 0.3) is 0 Å². The maximum atomic E-state index is 11.1. The lowest BCUT2D eigenvalue weighted by molar-refractivity contribution is -0.137. The number of aliphatic carboxylic acids is 1. The lowest BCUT2D eigenvalue weighted by Crippen LogP contribution is -2.32. The van der Waals surface area contributed by atoms with E-state index in [1.54, 1.807) is 6.08 Å². The molecule has 92 valence electrons. The Morgan fingerprint density at radius 1 is 1.56 bits per heavy atom. The molecule has 0 saturated heterocycles. The molecule has 0 aliphatic carbocycles. The summed E-state index contributed by atoms with van der Waals surface area (Å²) >= 11 is 1.45. The van der Waals surface area contributed by atoms with E-state index in [1.165, 1.54) is 11.8 Å². The van der Waals surface area contributed by atoms with E-state index in [1.807, 2.05) is 0 Å². The van der Waals surface area contributed by atoms with Gasteiger partial charge in [0.2, 0.25) is 5.91 Å². The predicted molar refractivity (Wildman–Crippen MR) is 65.4 cm³/mol. The molecule has 0 aliphatic heterocycles. The number of carboxylic acids is 1. The Kier molecular flexibility index (Phi) is 8.65. The third-order valence-corrected chi connectivity index (χ3v) is 2.92. The lowest BCUT2D eigenvalue weighted by Gasteiger charge is -2.05. The van der Waals surface area contributed by atoms with E-state index in [9.17, 15) is 9.59 Å². The quantitative estimate of drug-likeness (QED) is 0.399.